The molecule has 1 saturated heterocycles. The standard InChI is InChI=1S/C6H13NO3S/c1-2-11(8,9)7-3-5-10-6-4-7/h2-6H2,1H3. The fourth-order valence-electron chi connectivity index (χ4n) is 1.01. The van der Waals surface area contributed by atoms with E-state index in [-0.39, 0.29) is 5.75 Å². The van der Waals surface area contributed by atoms with Crippen LogP contribution in [0.15, 0.2) is 0 Å². The van der Waals surface area contributed by atoms with Gasteiger partial charge in [-0.25, -0.2) is 8.42 Å². The monoisotopic (exact) mass is 179 g/mol. The topological polar surface area (TPSA) is 46.6 Å². The van der Waals surface area contributed by atoms with Crippen molar-refractivity contribution in [2.75, 3.05) is 32.1 Å². The van der Waals surface area contributed by atoms with E-state index in [9.17, 15) is 8.42 Å². The van der Waals surface area contributed by atoms with E-state index in [2.05, 4.69) is 0 Å². The number of morpholine rings is 1. The van der Waals surface area contributed by atoms with Crippen LogP contribution in [0.5, 0.6) is 0 Å². The molecule has 0 aromatic carbocycles. The Morgan fingerprint density at radius 2 is 1.91 bits per heavy atom. The maximum atomic E-state index is 11.2. The Bertz CT molecular complexity index is 206. The van der Waals surface area contributed by atoms with Crippen molar-refractivity contribution in [2.24, 2.45) is 0 Å². The second-order valence-corrected chi connectivity index (χ2v) is 4.67. The first kappa shape index (κ1) is 8.96. The zero-order chi connectivity index (χ0) is 8.32. The molecule has 0 aromatic heterocycles. The van der Waals surface area contributed by atoms with Gasteiger partial charge in [-0.2, -0.15) is 4.31 Å². The number of rotatable bonds is 2. The molecule has 1 heterocycles. The third-order valence-electron chi connectivity index (χ3n) is 1.73. The Morgan fingerprint density at radius 3 is 2.36 bits per heavy atom. The first-order chi connectivity index (χ1) is 5.17. The van der Waals surface area contributed by atoms with Crippen LogP contribution in [0.1, 0.15) is 6.92 Å². The van der Waals surface area contributed by atoms with Crippen LogP contribution in [0, 0.1) is 0 Å². The van der Waals surface area contributed by atoms with E-state index in [1.54, 1.807) is 6.92 Å². The lowest BCUT2D eigenvalue weighted by atomic mass is 10.5. The molecule has 0 radical (unpaired) electrons. The maximum Gasteiger partial charge on any atom is 0.213 e. The molecule has 0 aliphatic carbocycles. The highest BCUT2D eigenvalue weighted by Gasteiger charge is 2.21. The summed E-state index contributed by atoms with van der Waals surface area (Å²) in [6, 6.07) is 0. The van der Waals surface area contributed by atoms with Gasteiger partial charge in [-0.3, -0.25) is 0 Å². The van der Waals surface area contributed by atoms with Crippen LogP contribution in [-0.4, -0.2) is 44.8 Å². The Morgan fingerprint density at radius 1 is 1.36 bits per heavy atom. The minimum Gasteiger partial charge on any atom is -0.379 e. The highest BCUT2D eigenvalue weighted by Crippen LogP contribution is 2.04. The molecule has 1 fully saturated rings. The van der Waals surface area contributed by atoms with Gasteiger partial charge in [0.15, 0.2) is 0 Å². The number of hydrogen-bond donors (Lipinski definition) is 0. The van der Waals surface area contributed by atoms with Crippen LogP contribution < -0.4 is 0 Å². The van der Waals surface area contributed by atoms with Crippen LogP contribution in [0.4, 0.5) is 0 Å². The smallest absolute Gasteiger partial charge is 0.213 e. The van der Waals surface area contributed by atoms with E-state index >= 15 is 0 Å². The number of ether oxygens (including phenoxy) is 1. The number of nitrogens with zero attached hydrogens (tertiary/aromatic N) is 1. The third-order valence-corrected chi connectivity index (χ3v) is 3.61. The van der Waals surface area contributed by atoms with Crippen molar-refractivity contribution >= 4 is 10.0 Å². The van der Waals surface area contributed by atoms with Crippen molar-refractivity contribution in [1.82, 2.24) is 4.31 Å². The molecule has 4 nitrogen and oxygen atoms in total. The summed E-state index contributed by atoms with van der Waals surface area (Å²) in [7, 11) is -2.97. The molecule has 0 atom stereocenters. The van der Waals surface area contributed by atoms with Crippen molar-refractivity contribution in [3.05, 3.63) is 0 Å². The average molecular weight is 179 g/mol. The highest BCUT2D eigenvalue weighted by molar-refractivity contribution is 7.89. The molecule has 0 bridgehead atoms. The molecule has 1 aliphatic rings. The summed E-state index contributed by atoms with van der Waals surface area (Å²) in [6.07, 6.45) is 0. The van der Waals surface area contributed by atoms with E-state index in [1.807, 2.05) is 0 Å². The van der Waals surface area contributed by atoms with Gasteiger partial charge in [0, 0.05) is 13.1 Å². The molecule has 66 valence electrons. The Labute approximate surface area is 67.2 Å². The average Bonchev–Trinajstić information content (AvgIpc) is 2.06. The molecule has 1 aliphatic heterocycles. The largest absolute Gasteiger partial charge is 0.379 e. The predicted octanol–water partition coefficient (Wildman–Crippen LogP) is -0.332. The fourth-order valence-corrected chi connectivity index (χ4v) is 2.08. The van der Waals surface area contributed by atoms with Crippen LogP contribution >= 0.6 is 0 Å². The summed E-state index contributed by atoms with van der Waals surface area (Å²) in [4.78, 5) is 0. The first-order valence-electron chi connectivity index (χ1n) is 3.72. The second-order valence-electron chi connectivity index (χ2n) is 2.41. The molecule has 0 N–H and O–H groups in total. The molecular weight excluding hydrogens is 166 g/mol. The Balaban J connectivity index is 2.58. The molecule has 11 heavy (non-hydrogen) atoms. The summed E-state index contributed by atoms with van der Waals surface area (Å²) in [5.74, 6) is 0.188. The van der Waals surface area contributed by atoms with Gasteiger partial charge in [0.1, 0.15) is 0 Å². The van der Waals surface area contributed by atoms with Crippen molar-refractivity contribution < 1.29 is 13.2 Å². The molecule has 0 aromatic rings. The molecule has 0 saturated carbocycles. The lowest BCUT2D eigenvalue weighted by Crippen LogP contribution is -2.41. The van der Waals surface area contributed by atoms with Crippen LogP contribution in [0.2, 0.25) is 0 Å². The zero-order valence-electron chi connectivity index (χ0n) is 6.62. The summed E-state index contributed by atoms with van der Waals surface area (Å²) < 4.78 is 29.0. The summed E-state index contributed by atoms with van der Waals surface area (Å²) in [6.45, 7) is 3.73. The van der Waals surface area contributed by atoms with Crippen molar-refractivity contribution in [3.8, 4) is 0 Å². The molecule has 0 amide bonds. The Hall–Kier alpha value is -0.130. The van der Waals surface area contributed by atoms with Crippen molar-refractivity contribution in [2.45, 2.75) is 6.92 Å². The van der Waals surface area contributed by atoms with Gasteiger partial charge in [0.2, 0.25) is 10.0 Å². The molecular formula is C6H13NO3S. The van der Waals surface area contributed by atoms with E-state index < -0.39 is 10.0 Å². The first-order valence-corrected chi connectivity index (χ1v) is 5.33. The maximum absolute atomic E-state index is 11.2. The molecule has 0 unspecified atom stereocenters. The third kappa shape index (κ3) is 2.15. The molecule has 5 heteroatoms. The van der Waals surface area contributed by atoms with Gasteiger partial charge in [0.05, 0.1) is 19.0 Å². The van der Waals surface area contributed by atoms with Crippen LogP contribution in [-0.2, 0) is 14.8 Å². The summed E-state index contributed by atoms with van der Waals surface area (Å²) in [5, 5.41) is 0. The SMILES string of the molecule is CCS(=O)(=O)N1CCOCC1. The van der Waals surface area contributed by atoms with E-state index in [4.69, 9.17) is 4.74 Å². The quantitative estimate of drug-likeness (QED) is 0.583. The normalized spacial score (nSPS) is 21.9. The van der Waals surface area contributed by atoms with Gasteiger partial charge >= 0.3 is 0 Å². The lowest BCUT2D eigenvalue weighted by Gasteiger charge is -2.25. The van der Waals surface area contributed by atoms with Gasteiger partial charge in [-0.1, -0.05) is 0 Å². The van der Waals surface area contributed by atoms with Crippen molar-refractivity contribution in [3.63, 3.8) is 0 Å². The fraction of sp³-hybridized carbons (Fsp3) is 1.00. The molecule has 1 rings (SSSR count). The minimum absolute atomic E-state index is 0.188. The molecule has 0 spiro atoms. The number of hydrogen-bond acceptors (Lipinski definition) is 3. The van der Waals surface area contributed by atoms with Crippen LogP contribution in [0.25, 0.3) is 0 Å². The van der Waals surface area contributed by atoms with Gasteiger partial charge < -0.3 is 4.74 Å². The summed E-state index contributed by atoms with van der Waals surface area (Å²) >= 11 is 0. The highest BCUT2D eigenvalue weighted by atomic mass is 32.2. The predicted molar refractivity (Wildman–Crippen MR) is 41.9 cm³/mol. The van der Waals surface area contributed by atoms with Gasteiger partial charge in [-0.15, -0.1) is 0 Å². The van der Waals surface area contributed by atoms with E-state index in [0.29, 0.717) is 26.3 Å². The lowest BCUT2D eigenvalue weighted by molar-refractivity contribution is 0.0731. The second kappa shape index (κ2) is 3.51. The number of sulfonamides is 1. The van der Waals surface area contributed by atoms with Crippen molar-refractivity contribution in [1.29, 1.82) is 0 Å². The van der Waals surface area contributed by atoms with Gasteiger partial charge in [-0.05, 0) is 6.92 Å². The minimum atomic E-state index is -2.97. The van der Waals surface area contributed by atoms with E-state index in [1.165, 1.54) is 4.31 Å². The zero-order valence-corrected chi connectivity index (χ0v) is 7.43. The van der Waals surface area contributed by atoms with Crippen LogP contribution in [0.3, 0.4) is 0 Å². The Kier molecular flexibility index (Phi) is 2.86. The summed E-state index contributed by atoms with van der Waals surface area (Å²) in [5.41, 5.74) is 0. The van der Waals surface area contributed by atoms with Gasteiger partial charge in [0.25, 0.3) is 0 Å². The van der Waals surface area contributed by atoms with E-state index in [0.717, 1.165) is 0 Å².